The minimum Gasteiger partial charge on any atom is -0.444 e. The number of allylic oxidation sites excluding steroid dienone is 1. The quantitative estimate of drug-likeness (QED) is 0.438. The molecule has 3 N–H and O–H groups in total. The van der Waals surface area contributed by atoms with Crippen LogP contribution in [-0.2, 0) is 14.3 Å². The normalized spacial score (nSPS) is 14.3. The molecule has 1 aliphatic rings. The average molecular weight is 339 g/mol. The fourth-order valence-corrected chi connectivity index (χ4v) is 1.78. The van der Waals surface area contributed by atoms with Gasteiger partial charge in [0.15, 0.2) is 0 Å². The zero-order chi connectivity index (χ0) is 18.0. The van der Waals surface area contributed by atoms with E-state index < -0.39 is 11.7 Å². The largest absolute Gasteiger partial charge is 0.444 e. The molecule has 1 aliphatic carbocycles. The van der Waals surface area contributed by atoms with Crippen molar-refractivity contribution in [1.82, 2.24) is 16.0 Å². The van der Waals surface area contributed by atoms with Gasteiger partial charge in [-0.05, 0) is 52.0 Å². The number of carbonyl (C=O) groups is 3. The number of alkyl carbamates (subject to hydrolysis) is 1. The van der Waals surface area contributed by atoms with Crippen molar-refractivity contribution in [2.24, 2.45) is 5.92 Å². The van der Waals surface area contributed by atoms with Crippen LogP contribution in [-0.4, -0.2) is 43.1 Å². The Morgan fingerprint density at radius 3 is 2.33 bits per heavy atom. The zero-order valence-electron chi connectivity index (χ0n) is 14.8. The van der Waals surface area contributed by atoms with Crippen molar-refractivity contribution in [3.63, 3.8) is 0 Å². The van der Waals surface area contributed by atoms with Crippen LogP contribution in [0.4, 0.5) is 4.79 Å². The molecule has 0 aromatic rings. The first-order valence-electron chi connectivity index (χ1n) is 8.46. The molecule has 136 valence electrons. The van der Waals surface area contributed by atoms with E-state index in [-0.39, 0.29) is 24.8 Å². The third-order valence-electron chi connectivity index (χ3n) is 3.14. The van der Waals surface area contributed by atoms with Crippen molar-refractivity contribution in [1.29, 1.82) is 0 Å². The molecule has 7 nitrogen and oxygen atoms in total. The van der Waals surface area contributed by atoms with Crippen LogP contribution in [0.1, 0.15) is 46.5 Å². The topological polar surface area (TPSA) is 96.5 Å². The molecule has 1 saturated carbocycles. The second-order valence-corrected chi connectivity index (χ2v) is 6.87. The van der Waals surface area contributed by atoms with Gasteiger partial charge in [0.2, 0.25) is 11.8 Å². The van der Waals surface area contributed by atoms with Crippen LogP contribution in [0, 0.1) is 5.92 Å². The Balaban J connectivity index is 1.95. The van der Waals surface area contributed by atoms with Gasteiger partial charge in [0.1, 0.15) is 5.60 Å². The lowest BCUT2D eigenvalue weighted by Crippen LogP contribution is -2.35. The standard InChI is InChI=1S/C17H29N3O4/c1-17(2,3)24-16(23)20-12-9-15(22)19-11-4-10-18-14(21)8-7-13-5-6-13/h7-8,13H,4-6,9-12H2,1-3H3,(H,18,21)(H,19,22)(H,20,23)/b8-7+. The molecule has 1 rings (SSSR count). The molecule has 0 atom stereocenters. The van der Waals surface area contributed by atoms with Gasteiger partial charge in [-0.2, -0.15) is 0 Å². The van der Waals surface area contributed by atoms with Crippen LogP contribution in [0.15, 0.2) is 12.2 Å². The molecular weight excluding hydrogens is 310 g/mol. The molecule has 0 unspecified atom stereocenters. The maximum Gasteiger partial charge on any atom is 0.407 e. The molecular formula is C17H29N3O4. The van der Waals surface area contributed by atoms with Crippen molar-refractivity contribution in [3.8, 4) is 0 Å². The number of carbonyl (C=O) groups excluding carboxylic acids is 3. The number of ether oxygens (including phenoxy) is 1. The predicted octanol–water partition coefficient (Wildman–Crippen LogP) is 1.49. The lowest BCUT2D eigenvalue weighted by molar-refractivity contribution is -0.120. The van der Waals surface area contributed by atoms with Crippen molar-refractivity contribution in [2.45, 2.75) is 52.1 Å². The molecule has 0 heterocycles. The maximum absolute atomic E-state index is 11.6. The summed E-state index contributed by atoms with van der Waals surface area (Å²) in [6.45, 7) is 6.56. The molecule has 0 aliphatic heterocycles. The van der Waals surface area contributed by atoms with E-state index in [0.717, 1.165) is 0 Å². The second kappa shape index (κ2) is 9.95. The van der Waals surface area contributed by atoms with Crippen LogP contribution >= 0.6 is 0 Å². The Morgan fingerprint density at radius 2 is 1.71 bits per heavy atom. The summed E-state index contributed by atoms with van der Waals surface area (Å²) < 4.78 is 5.07. The van der Waals surface area contributed by atoms with E-state index in [4.69, 9.17) is 4.74 Å². The molecule has 0 aromatic carbocycles. The fourth-order valence-electron chi connectivity index (χ4n) is 1.78. The van der Waals surface area contributed by atoms with Crippen molar-refractivity contribution in [2.75, 3.05) is 19.6 Å². The Labute approximate surface area is 143 Å². The summed E-state index contributed by atoms with van der Waals surface area (Å²) >= 11 is 0. The first kappa shape index (κ1) is 20.0. The summed E-state index contributed by atoms with van der Waals surface area (Å²) in [6.07, 6.45) is 6.20. The van der Waals surface area contributed by atoms with Crippen LogP contribution in [0.25, 0.3) is 0 Å². The van der Waals surface area contributed by atoms with E-state index in [9.17, 15) is 14.4 Å². The van der Waals surface area contributed by atoms with E-state index in [2.05, 4.69) is 16.0 Å². The molecule has 7 heteroatoms. The van der Waals surface area contributed by atoms with E-state index >= 15 is 0 Å². The third kappa shape index (κ3) is 11.5. The molecule has 0 radical (unpaired) electrons. The molecule has 0 bridgehead atoms. The first-order chi connectivity index (χ1) is 11.3. The van der Waals surface area contributed by atoms with Gasteiger partial charge in [-0.3, -0.25) is 9.59 Å². The molecule has 24 heavy (non-hydrogen) atoms. The van der Waals surface area contributed by atoms with Crippen LogP contribution < -0.4 is 16.0 Å². The number of hydrogen-bond donors (Lipinski definition) is 3. The zero-order valence-corrected chi connectivity index (χ0v) is 14.8. The summed E-state index contributed by atoms with van der Waals surface area (Å²) in [5.74, 6) is 0.352. The minimum absolute atomic E-state index is 0.0882. The van der Waals surface area contributed by atoms with Gasteiger partial charge in [0.05, 0.1) is 0 Å². The highest BCUT2D eigenvalue weighted by Gasteiger charge is 2.17. The summed E-state index contributed by atoms with van der Waals surface area (Å²) in [5.41, 5.74) is -0.551. The number of amides is 3. The van der Waals surface area contributed by atoms with Gasteiger partial charge < -0.3 is 20.7 Å². The van der Waals surface area contributed by atoms with Crippen LogP contribution in [0.5, 0.6) is 0 Å². The van der Waals surface area contributed by atoms with Gasteiger partial charge in [-0.1, -0.05) is 6.08 Å². The first-order valence-corrected chi connectivity index (χ1v) is 8.46. The van der Waals surface area contributed by atoms with Crippen LogP contribution in [0.3, 0.4) is 0 Å². The summed E-state index contributed by atoms with van der Waals surface area (Å²) in [5, 5.41) is 8.04. The third-order valence-corrected chi connectivity index (χ3v) is 3.14. The highest BCUT2D eigenvalue weighted by molar-refractivity contribution is 5.87. The number of nitrogens with one attached hydrogen (secondary N) is 3. The monoisotopic (exact) mass is 339 g/mol. The molecule has 3 amide bonds. The highest BCUT2D eigenvalue weighted by Crippen LogP contribution is 2.29. The van der Waals surface area contributed by atoms with Crippen LogP contribution in [0.2, 0.25) is 0 Å². The lowest BCUT2D eigenvalue weighted by Gasteiger charge is -2.19. The van der Waals surface area contributed by atoms with Crippen molar-refractivity contribution in [3.05, 3.63) is 12.2 Å². The van der Waals surface area contributed by atoms with E-state index in [1.54, 1.807) is 26.8 Å². The second-order valence-electron chi connectivity index (χ2n) is 6.87. The Bertz CT molecular complexity index is 465. The molecule has 0 spiro atoms. The minimum atomic E-state index is -0.551. The van der Waals surface area contributed by atoms with Gasteiger partial charge >= 0.3 is 6.09 Å². The van der Waals surface area contributed by atoms with E-state index in [1.807, 2.05) is 6.08 Å². The highest BCUT2D eigenvalue weighted by atomic mass is 16.6. The molecule has 0 saturated heterocycles. The van der Waals surface area contributed by atoms with E-state index in [0.29, 0.717) is 25.4 Å². The Kier molecular flexibility index (Phi) is 8.29. The molecule has 1 fully saturated rings. The van der Waals surface area contributed by atoms with Gasteiger partial charge in [-0.25, -0.2) is 4.79 Å². The summed E-state index contributed by atoms with van der Waals surface area (Å²) in [4.78, 5) is 34.4. The maximum atomic E-state index is 11.6. The number of hydrogen-bond acceptors (Lipinski definition) is 4. The summed E-state index contributed by atoms with van der Waals surface area (Å²) in [7, 11) is 0. The van der Waals surface area contributed by atoms with Gasteiger partial charge in [0, 0.05) is 26.1 Å². The summed E-state index contributed by atoms with van der Waals surface area (Å²) in [6, 6.07) is 0. The average Bonchev–Trinajstić information content (AvgIpc) is 3.27. The van der Waals surface area contributed by atoms with E-state index in [1.165, 1.54) is 12.8 Å². The number of rotatable bonds is 9. The van der Waals surface area contributed by atoms with Crippen molar-refractivity contribution >= 4 is 17.9 Å². The predicted molar refractivity (Wildman–Crippen MR) is 91.4 cm³/mol. The smallest absolute Gasteiger partial charge is 0.407 e. The van der Waals surface area contributed by atoms with Gasteiger partial charge in [-0.15, -0.1) is 0 Å². The lowest BCUT2D eigenvalue weighted by atomic mass is 10.2. The van der Waals surface area contributed by atoms with Crippen molar-refractivity contribution < 1.29 is 19.1 Å². The fraction of sp³-hybridized carbons (Fsp3) is 0.706. The Hall–Kier alpha value is -2.05. The molecule has 0 aromatic heterocycles. The Morgan fingerprint density at radius 1 is 1.04 bits per heavy atom. The SMILES string of the molecule is CC(C)(C)OC(=O)NCCC(=O)NCCCNC(=O)/C=C/C1CC1. The van der Waals surface area contributed by atoms with Gasteiger partial charge in [0.25, 0.3) is 0 Å².